The zero-order valence-corrected chi connectivity index (χ0v) is 17.5. The van der Waals surface area contributed by atoms with E-state index in [1.165, 1.54) is 20.0 Å². The van der Waals surface area contributed by atoms with Crippen molar-refractivity contribution in [3.05, 3.63) is 71.8 Å². The summed E-state index contributed by atoms with van der Waals surface area (Å²) in [5.41, 5.74) is 3.62. The van der Waals surface area contributed by atoms with Crippen LogP contribution in [-0.2, 0) is 10.8 Å². The van der Waals surface area contributed by atoms with Crippen LogP contribution in [-0.4, -0.2) is 19.8 Å². The first-order valence-electron chi connectivity index (χ1n) is 8.24. The molecular weight excluding hydrogens is 371 g/mol. The Morgan fingerprint density at radius 3 is 1.27 bits per heavy atom. The van der Waals surface area contributed by atoms with E-state index in [0.29, 0.717) is 10.8 Å². The van der Waals surface area contributed by atoms with E-state index >= 15 is 0 Å². The summed E-state index contributed by atoms with van der Waals surface area (Å²) in [5, 5.41) is 0. The fourth-order valence-electron chi connectivity index (χ4n) is 3.55. The Balaban J connectivity index is 2.05. The van der Waals surface area contributed by atoms with Crippen molar-refractivity contribution in [1.29, 1.82) is 0 Å². The summed E-state index contributed by atoms with van der Waals surface area (Å²) in [6.07, 6.45) is 0. The molecule has 0 N–H and O–H groups in total. The van der Waals surface area contributed by atoms with E-state index in [9.17, 15) is 0 Å². The van der Waals surface area contributed by atoms with Crippen molar-refractivity contribution in [2.24, 2.45) is 0 Å². The number of hydrogen-bond donors (Lipinski definition) is 0. The summed E-state index contributed by atoms with van der Waals surface area (Å²) in [6.45, 7) is 9.67. The average Bonchev–Trinajstić information content (AvgIpc) is 2.48. The van der Waals surface area contributed by atoms with Gasteiger partial charge in [0.05, 0.1) is 0 Å². The summed E-state index contributed by atoms with van der Waals surface area (Å²) >= 11 is -1.41. The molecule has 0 amide bonds. The van der Waals surface area contributed by atoms with Crippen molar-refractivity contribution < 1.29 is 0 Å². The topological polar surface area (TPSA) is 0 Å². The Bertz CT molecular complexity index is 516. The van der Waals surface area contributed by atoms with Crippen molar-refractivity contribution in [2.45, 2.75) is 52.3 Å². The van der Waals surface area contributed by atoms with Crippen molar-refractivity contribution in [1.82, 2.24) is 0 Å². The van der Waals surface area contributed by atoms with E-state index in [1.54, 1.807) is 0 Å². The van der Waals surface area contributed by atoms with E-state index in [0.717, 1.165) is 0 Å². The van der Waals surface area contributed by atoms with E-state index < -0.39 is 19.8 Å². The Morgan fingerprint density at radius 1 is 0.636 bits per heavy atom. The Kier molecular flexibility index (Phi) is 5.76. The maximum absolute atomic E-state index is 2.59. The van der Waals surface area contributed by atoms with Crippen LogP contribution in [0.5, 0.6) is 0 Å². The Morgan fingerprint density at radius 2 is 0.955 bits per heavy atom. The Labute approximate surface area is 143 Å². The van der Waals surface area contributed by atoms with Crippen molar-refractivity contribution >= 4 is 19.8 Å². The minimum absolute atomic E-state index is 0.317. The van der Waals surface area contributed by atoms with Gasteiger partial charge < -0.3 is 0 Å². The zero-order valence-electron chi connectivity index (χ0n) is 14.7. The molecule has 0 aliphatic rings. The molecule has 0 fully saturated rings. The predicted octanol–water partition coefficient (Wildman–Crippen LogP) is 6.07. The molecule has 0 atom stereocenters. The standard InChI is InChI=1S/2C10H13.CH3.Sn/c2*1-10(2,3)9-7-5-4-6-8-9;;/h2*4-8H,1H2,2-3H3;1H3;. The Hall–Kier alpha value is -0.761. The van der Waals surface area contributed by atoms with Gasteiger partial charge in [0, 0.05) is 0 Å². The summed E-state index contributed by atoms with van der Waals surface area (Å²) in [5.74, 6) is 0. The third kappa shape index (κ3) is 4.62. The van der Waals surface area contributed by atoms with Gasteiger partial charge in [-0.3, -0.25) is 0 Å². The molecule has 117 valence electrons. The van der Waals surface area contributed by atoms with Gasteiger partial charge in [-0.15, -0.1) is 0 Å². The molecule has 2 aromatic carbocycles. The van der Waals surface area contributed by atoms with Crippen molar-refractivity contribution in [3.8, 4) is 0 Å². The van der Waals surface area contributed by atoms with Gasteiger partial charge in [-0.05, 0) is 0 Å². The molecule has 2 aromatic rings. The second-order valence-corrected chi connectivity index (χ2v) is 15.3. The summed E-state index contributed by atoms with van der Waals surface area (Å²) in [6, 6.07) is 22.1. The molecule has 2 rings (SSSR count). The SMILES string of the molecule is [CH3][Sn]([CH2]C(C)(C)c1ccccc1)[CH2]C(C)(C)c1ccccc1. The number of hydrogen-bond acceptors (Lipinski definition) is 0. The van der Waals surface area contributed by atoms with Gasteiger partial charge in [0.1, 0.15) is 0 Å². The molecule has 0 bridgehead atoms. The van der Waals surface area contributed by atoms with Crippen LogP contribution in [0.2, 0.25) is 13.8 Å². The van der Waals surface area contributed by atoms with Crippen LogP contribution < -0.4 is 0 Å². The molecule has 0 aliphatic heterocycles. The minimum atomic E-state index is -1.41. The molecule has 0 spiro atoms. The molecule has 0 nitrogen and oxygen atoms in total. The summed E-state index contributed by atoms with van der Waals surface area (Å²) in [4.78, 5) is 2.59. The molecule has 1 radical (unpaired) electrons. The van der Waals surface area contributed by atoms with Crippen molar-refractivity contribution in [2.75, 3.05) is 0 Å². The monoisotopic (exact) mass is 401 g/mol. The van der Waals surface area contributed by atoms with Gasteiger partial charge in [-0.1, -0.05) is 0 Å². The van der Waals surface area contributed by atoms with Crippen LogP contribution in [0.1, 0.15) is 38.8 Å². The fraction of sp³-hybridized carbons (Fsp3) is 0.429. The number of benzene rings is 2. The molecule has 22 heavy (non-hydrogen) atoms. The second-order valence-electron chi connectivity index (χ2n) is 7.81. The van der Waals surface area contributed by atoms with Gasteiger partial charge in [0.25, 0.3) is 0 Å². The first-order valence-corrected chi connectivity index (χ1v) is 15.1. The molecule has 0 unspecified atom stereocenters. The molecule has 0 heterocycles. The number of rotatable bonds is 6. The van der Waals surface area contributed by atoms with Gasteiger partial charge in [0.15, 0.2) is 0 Å². The van der Waals surface area contributed by atoms with Crippen LogP contribution in [0.15, 0.2) is 60.7 Å². The van der Waals surface area contributed by atoms with Gasteiger partial charge >= 0.3 is 144 Å². The van der Waals surface area contributed by atoms with Crippen molar-refractivity contribution in [3.63, 3.8) is 0 Å². The van der Waals surface area contributed by atoms with Crippen LogP contribution in [0.25, 0.3) is 0 Å². The van der Waals surface area contributed by atoms with Gasteiger partial charge in [0.2, 0.25) is 0 Å². The predicted molar refractivity (Wildman–Crippen MR) is 100 cm³/mol. The molecule has 0 aliphatic carbocycles. The first kappa shape index (κ1) is 17.6. The van der Waals surface area contributed by atoms with Gasteiger partial charge in [-0.2, -0.15) is 0 Å². The fourth-order valence-corrected chi connectivity index (χ4v) is 13.7. The molecule has 1 heteroatoms. The van der Waals surface area contributed by atoms with Crippen LogP contribution in [0, 0.1) is 0 Å². The second kappa shape index (κ2) is 7.21. The quantitative estimate of drug-likeness (QED) is 0.517. The first-order chi connectivity index (χ1) is 10.3. The maximum atomic E-state index is 2.59. The van der Waals surface area contributed by atoms with Gasteiger partial charge in [-0.25, -0.2) is 0 Å². The third-order valence-corrected chi connectivity index (χ3v) is 13.1. The van der Waals surface area contributed by atoms with Crippen LogP contribution in [0.4, 0.5) is 0 Å². The third-order valence-electron chi connectivity index (χ3n) is 4.60. The zero-order chi connectivity index (χ0) is 16.2. The molecule has 0 saturated carbocycles. The van der Waals surface area contributed by atoms with E-state index in [1.807, 2.05) is 0 Å². The molecule has 0 saturated heterocycles. The van der Waals surface area contributed by atoms with Crippen LogP contribution in [0.3, 0.4) is 0 Å². The average molecular weight is 400 g/mol. The normalized spacial score (nSPS) is 12.6. The van der Waals surface area contributed by atoms with E-state index in [-0.39, 0.29) is 0 Å². The summed E-state index contributed by atoms with van der Waals surface area (Å²) < 4.78 is 2.82. The van der Waals surface area contributed by atoms with E-state index in [4.69, 9.17) is 0 Å². The van der Waals surface area contributed by atoms with E-state index in [2.05, 4.69) is 93.3 Å². The molecular formula is C21H29Sn. The molecule has 0 aromatic heterocycles. The summed E-state index contributed by atoms with van der Waals surface area (Å²) in [7, 11) is 0. The van der Waals surface area contributed by atoms with Crippen LogP contribution >= 0.6 is 0 Å².